The molecule has 0 N–H and O–H groups in total. The van der Waals surface area contributed by atoms with Crippen molar-refractivity contribution in [2.24, 2.45) is 0 Å². The average Bonchev–Trinajstić information content (AvgIpc) is 2.27. The summed E-state index contributed by atoms with van der Waals surface area (Å²) in [6, 6.07) is 9.04. The summed E-state index contributed by atoms with van der Waals surface area (Å²) in [6.07, 6.45) is 0. The number of fused-ring (bicyclic) bond motifs is 1. The van der Waals surface area contributed by atoms with Crippen LogP contribution in [-0.4, -0.2) is 13.3 Å². The van der Waals surface area contributed by atoms with Crippen LogP contribution < -0.4 is 0 Å². The van der Waals surface area contributed by atoms with Gasteiger partial charge in [0, 0.05) is 6.07 Å². The van der Waals surface area contributed by atoms with Gasteiger partial charge in [0.25, 0.3) is 5.69 Å². The van der Waals surface area contributed by atoms with Crippen molar-refractivity contribution >= 4 is 27.2 Å². The van der Waals surface area contributed by atoms with E-state index < -0.39 is 15.6 Å². The molecule has 2 rings (SSSR count). The Morgan fingerprint density at radius 3 is 2.25 bits per heavy atom. The maximum Gasteiger partial charge on any atom is 0.278 e. The molecule has 0 bridgehead atoms. The summed E-state index contributed by atoms with van der Waals surface area (Å²) in [5, 5.41) is 11.5. The first-order chi connectivity index (χ1) is 7.61. The van der Waals surface area contributed by atoms with Gasteiger partial charge in [-0.25, -0.2) is 8.42 Å². The van der Waals surface area contributed by atoms with E-state index in [4.69, 9.17) is 0 Å². The molecule has 0 aliphatic heterocycles. The van der Waals surface area contributed by atoms with Crippen molar-refractivity contribution in [1.82, 2.24) is 0 Å². The Hall–Kier alpha value is -1.95. The molecule has 2 aromatic rings. The predicted molar refractivity (Wildman–Crippen MR) is 59.2 cm³/mol. The minimum absolute atomic E-state index is 0.0141. The lowest BCUT2D eigenvalue weighted by Gasteiger charge is -2.01. The second kappa shape index (κ2) is 3.90. The Labute approximate surface area is 92.4 Å². The molecule has 82 valence electrons. The highest BCUT2D eigenvalue weighted by Gasteiger charge is 2.15. The number of rotatable bonds is 2. The molecule has 16 heavy (non-hydrogen) atoms. The van der Waals surface area contributed by atoms with Gasteiger partial charge in [0.15, 0.2) is 10.7 Å². The Balaban J connectivity index is 2.98. The van der Waals surface area contributed by atoms with Gasteiger partial charge in [0.05, 0.1) is 15.2 Å². The summed E-state index contributed by atoms with van der Waals surface area (Å²) in [5.74, 6) is 0. The van der Waals surface area contributed by atoms with Crippen molar-refractivity contribution in [2.45, 2.75) is 4.90 Å². The molecule has 0 saturated carbocycles. The molecule has 0 spiro atoms. The van der Waals surface area contributed by atoms with Crippen LogP contribution in [0.4, 0.5) is 5.69 Å². The fraction of sp³-hybridized carbons (Fsp3) is 0. The quantitative estimate of drug-likeness (QED) is 0.490. The van der Waals surface area contributed by atoms with E-state index in [2.05, 4.69) is 0 Å². The summed E-state index contributed by atoms with van der Waals surface area (Å²) < 4.78 is 22.0. The van der Waals surface area contributed by atoms with Gasteiger partial charge in [-0.2, -0.15) is 0 Å². The van der Waals surface area contributed by atoms with Crippen LogP contribution in [0.5, 0.6) is 0 Å². The molecule has 6 heteroatoms. The second-order valence-electron chi connectivity index (χ2n) is 3.17. The summed E-state index contributed by atoms with van der Waals surface area (Å²) in [6.45, 7) is 0. The fourth-order valence-corrected chi connectivity index (χ4v) is 2.24. The minimum atomic E-state index is -2.84. The third-order valence-electron chi connectivity index (χ3n) is 2.25. The van der Waals surface area contributed by atoms with Crippen molar-refractivity contribution in [1.29, 1.82) is 0 Å². The van der Waals surface area contributed by atoms with E-state index in [0.717, 1.165) is 0 Å². The molecule has 0 fully saturated rings. The lowest BCUT2D eigenvalue weighted by Crippen LogP contribution is -1.92. The van der Waals surface area contributed by atoms with Crippen LogP contribution in [-0.2, 0) is 10.7 Å². The first kappa shape index (κ1) is 10.6. The molecule has 0 aliphatic rings. The highest BCUT2D eigenvalue weighted by molar-refractivity contribution is 7.72. The van der Waals surface area contributed by atoms with Crippen molar-refractivity contribution < 1.29 is 13.3 Å². The van der Waals surface area contributed by atoms with E-state index in [1.165, 1.54) is 18.2 Å². The molecule has 0 unspecified atom stereocenters. The number of nitro benzene ring substituents is 1. The van der Waals surface area contributed by atoms with Crippen LogP contribution >= 0.6 is 0 Å². The fourth-order valence-electron chi connectivity index (χ4n) is 1.61. The normalized spacial score (nSPS) is 10.8. The van der Waals surface area contributed by atoms with E-state index in [1.54, 1.807) is 18.2 Å². The lowest BCUT2D eigenvalue weighted by atomic mass is 10.1. The van der Waals surface area contributed by atoms with Crippen molar-refractivity contribution in [3.05, 3.63) is 46.5 Å². The van der Waals surface area contributed by atoms with Gasteiger partial charge in [0.2, 0.25) is 0 Å². The molecule has 0 heterocycles. The molecule has 0 radical (unpaired) electrons. The smallest absolute Gasteiger partial charge is 0.258 e. The van der Waals surface area contributed by atoms with Crippen LogP contribution in [0.25, 0.3) is 10.8 Å². The third-order valence-corrected chi connectivity index (χ3v) is 3.02. The first-order valence-corrected chi connectivity index (χ1v) is 5.59. The molecule has 5 nitrogen and oxygen atoms in total. The van der Waals surface area contributed by atoms with E-state index in [-0.39, 0.29) is 16.0 Å². The Morgan fingerprint density at radius 2 is 1.69 bits per heavy atom. The number of non-ortho nitro benzene ring substituents is 1. The number of hydrogen-bond acceptors (Lipinski definition) is 4. The minimum Gasteiger partial charge on any atom is -0.258 e. The molecular formula is C10H7NO4S. The lowest BCUT2D eigenvalue weighted by molar-refractivity contribution is -0.383. The molecule has 0 aliphatic carbocycles. The van der Waals surface area contributed by atoms with Crippen LogP contribution in [0.3, 0.4) is 0 Å². The van der Waals surface area contributed by atoms with Crippen molar-refractivity contribution in [2.75, 3.05) is 0 Å². The van der Waals surface area contributed by atoms with Gasteiger partial charge in [-0.3, -0.25) is 10.1 Å². The standard InChI is InChI=1S/C10H7NO4S/c12-11(13)8-5-1-3-7-4-2-6-9(10(7)8)16(14)15/h1-6,16H. The highest BCUT2D eigenvalue weighted by Crippen LogP contribution is 2.29. The molecule has 0 atom stereocenters. The number of nitrogens with zero attached hydrogens (tertiary/aromatic N) is 1. The molecule has 0 saturated heterocycles. The second-order valence-corrected chi connectivity index (χ2v) is 4.16. The number of nitro groups is 1. The molecular weight excluding hydrogens is 230 g/mol. The summed E-state index contributed by atoms with van der Waals surface area (Å²) in [4.78, 5) is 10.2. The number of hydrogen-bond donors (Lipinski definition) is 1. The average molecular weight is 237 g/mol. The topological polar surface area (TPSA) is 77.3 Å². The molecule has 0 aromatic heterocycles. The Morgan fingerprint density at radius 1 is 1.06 bits per heavy atom. The van der Waals surface area contributed by atoms with Gasteiger partial charge in [-0.05, 0) is 11.5 Å². The third kappa shape index (κ3) is 1.63. The summed E-state index contributed by atoms with van der Waals surface area (Å²) in [7, 11) is -2.84. The van der Waals surface area contributed by atoms with Crippen molar-refractivity contribution in [3.63, 3.8) is 0 Å². The van der Waals surface area contributed by atoms with E-state index in [0.29, 0.717) is 5.39 Å². The van der Waals surface area contributed by atoms with Gasteiger partial charge in [-0.1, -0.05) is 24.3 Å². The van der Waals surface area contributed by atoms with E-state index in [9.17, 15) is 18.5 Å². The maximum absolute atomic E-state index is 11.0. The van der Waals surface area contributed by atoms with Crippen molar-refractivity contribution in [3.8, 4) is 0 Å². The van der Waals surface area contributed by atoms with E-state index in [1.807, 2.05) is 0 Å². The molecule has 0 amide bonds. The summed E-state index contributed by atoms with van der Waals surface area (Å²) >= 11 is 0. The van der Waals surface area contributed by atoms with Gasteiger partial charge >= 0.3 is 0 Å². The molecule has 2 aromatic carbocycles. The first-order valence-electron chi connectivity index (χ1n) is 4.42. The largest absolute Gasteiger partial charge is 0.278 e. The van der Waals surface area contributed by atoms with Gasteiger partial charge < -0.3 is 0 Å². The Kier molecular flexibility index (Phi) is 2.57. The summed E-state index contributed by atoms with van der Waals surface area (Å²) in [5.41, 5.74) is -0.188. The number of benzene rings is 2. The monoisotopic (exact) mass is 237 g/mol. The van der Waals surface area contributed by atoms with Crippen LogP contribution in [0.15, 0.2) is 41.3 Å². The van der Waals surface area contributed by atoms with Crippen LogP contribution in [0.1, 0.15) is 0 Å². The van der Waals surface area contributed by atoms with E-state index >= 15 is 0 Å². The zero-order valence-electron chi connectivity index (χ0n) is 7.99. The highest BCUT2D eigenvalue weighted by atomic mass is 32.2. The van der Waals surface area contributed by atoms with Gasteiger partial charge in [-0.15, -0.1) is 0 Å². The van der Waals surface area contributed by atoms with Crippen LogP contribution in [0.2, 0.25) is 0 Å². The van der Waals surface area contributed by atoms with Crippen LogP contribution in [0, 0.1) is 10.1 Å². The zero-order valence-corrected chi connectivity index (χ0v) is 8.89. The predicted octanol–water partition coefficient (Wildman–Crippen LogP) is 1.72. The number of thiol groups is 1. The Bertz CT molecular complexity index is 635. The van der Waals surface area contributed by atoms with Gasteiger partial charge in [0.1, 0.15) is 0 Å². The SMILES string of the molecule is O=[N+]([O-])c1cccc2cccc([SH](=O)=O)c12. The maximum atomic E-state index is 11.0. The zero-order chi connectivity index (χ0) is 11.7.